The van der Waals surface area contributed by atoms with Crippen LogP contribution in [0.25, 0.3) is 89.2 Å². The van der Waals surface area contributed by atoms with E-state index in [-0.39, 0.29) is 0 Å². The van der Waals surface area contributed by atoms with Crippen molar-refractivity contribution in [1.29, 1.82) is 0 Å². The lowest BCUT2D eigenvalue weighted by Gasteiger charge is -2.13. The lowest BCUT2D eigenvalue weighted by Crippen LogP contribution is -2.01. The number of nitrogens with zero attached hydrogens (tertiary/aromatic N) is 3. The van der Waals surface area contributed by atoms with E-state index in [1.165, 1.54) is 0 Å². The van der Waals surface area contributed by atoms with Gasteiger partial charge in [0.05, 0.1) is 0 Å². The van der Waals surface area contributed by atoms with Crippen LogP contribution in [0.15, 0.2) is 148 Å². The minimum atomic E-state index is 0.578. The molecule has 0 saturated carbocycles. The number of furan rings is 2. The van der Waals surface area contributed by atoms with Crippen LogP contribution in [-0.2, 0) is 0 Å². The van der Waals surface area contributed by atoms with Gasteiger partial charge in [0.1, 0.15) is 22.3 Å². The fraction of sp³-hybridized carbons (Fsp3) is 0. The Kier molecular flexibility index (Phi) is 5.43. The Morgan fingerprint density at radius 1 is 0.364 bits per heavy atom. The molecule has 44 heavy (non-hydrogen) atoms. The summed E-state index contributed by atoms with van der Waals surface area (Å²) in [7, 11) is 0. The average molecular weight is 566 g/mol. The van der Waals surface area contributed by atoms with Gasteiger partial charge < -0.3 is 8.83 Å². The Morgan fingerprint density at radius 3 is 1.61 bits per heavy atom. The molecule has 9 aromatic rings. The standard InChI is InChI=1S/C39H23N3O2/c1-3-11-24(12-4-1)37-40-38(25-13-5-2-6-14-25)42-39(41-37)36-27(21-22-33-35(36)30-16-8-10-18-32(30)43-33)26-19-20-29-28-15-7-9-17-31(28)44-34(29)23-26/h1-23H. The molecule has 0 saturated heterocycles. The van der Waals surface area contributed by atoms with Crippen LogP contribution in [0.5, 0.6) is 0 Å². The summed E-state index contributed by atoms with van der Waals surface area (Å²) in [4.78, 5) is 15.2. The van der Waals surface area contributed by atoms with Gasteiger partial charge in [-0.3, -0.25) is 0 Å². The Bertz CT molecular complexity index is 2440. The number of aromatic nitrogens is 3. The second-order valence-corrected chi connectivity index (χ2v) is 10.8. The summed E-state index contributed by atoms with van der Waals surface area (Å²) in [5.41, 5.74) is 8.00. The van der Waals surface area contributed by atoms with Crippen LogP contribution >= 0.6 is 0 Å². The smallest absolute Gasteiger partial charge is 0.165 e. The Balaban J connectivity index is 1.38. The normalized spacial score (nSPS) is 11.6. The van der Waals surface area contributed by atoms with Gasteiger partial charge in [-0.15, -0.1) is 0 Å². The van der Waals surface area contributed by atoms with Gasteiger partial charge in [0.2, 0.25) is 0 Å². The molecule has 5 heteroatoms. The minimum Gasteiger partial charge on any atom is -0.456 e. The molecule has 0 unspecified atom stereocenters. The molecule has 3 heterocycles. The van der Waals surface area contributed by atoms with Gasteiger partial charge in [0, 0.05) is 38.2 Å². The lowest BCUT2D eigenvalue weighted by atomic mass is 9.94. The zero-order valence-corrected chi connectivity index (χ0v) is 23.4. The van der Waals surface area contributed by atoms with E-state index >= 15 is 0 Å². The maximum Gasteiger partial charge on any atom is 0.165 e. The third-order valence-corrected chi connectivity index (χ3v) is 8.16. The molecule has 3 aromatic heterocycles. The van der Waals surface area contributed by atoms with E-state index in [1.54, 1.807) is 0 Å². The third kappa shape index (κ3) is 3.91. The molecule has 6 aromatic carbocycles. The first-order valence-corrected chi connectivity index (χ1v) is 14.5. The van der Waals surface area contributed by atoms with Crippen LogP contribution in [0.1, 0.15) is 0 Å². The second kappa shape index (κ2) is 9.75. The topological polar surface area (TPSA) is 65.0 Å². The summed E-state index contributed by atoms with van der Waals surface area (Å²) in [5, 5.41) is 4.15. The molecule has 0 bridgehead atoms. The van der Waals surface area contributed by atoms with E-state index in [2.05, 4.69) is 36.4 Å². The van der Waals surface area contributed by atoms with E-state index in [4.69, 9.17) is 23.8 Å². The molecule has 0 fully saturated rings. The number of hydrogen-bond acceptors (Lipinski definition) is 5. The molecule has 5 nitrogen and oxygen atoms in total. The van der Waals surface area contributed by atoms with Crippen molar-refractivity contribution in [3.8, 4) is 45.3 Å². The molecule has 0 aliphatic carbocycles. The number of hydrogen-bond donors (Lipinski definition) is 0. The molecule has 0 amide bonds. The molecule has 9 rings (SSSR count). The Labute approximate surface area is 252 Å². The lowest BCUT2D eigenvalue weighted by molar-refractivity contribution is 0.669. The van der Waals surface area contributed by atoms with Crippen molar-refractivity contribution < 1.29 is 8.83 Å². The summed E-state index contributed by atoms with van der Waals surface area (Å²) in [6, 6.07) is 46.9. The van der Waals surface area contributed by atoms with Gasteiger partial charge >= 0.3 is 0 Å². The minimum absolute atomic E-state index is 0.578. The van der Waals surface area contributed by atoms with Crippen LogP contribution in [0.3, 0.4) is 0 Å². The first-order valence-electron chi connectivity index (χ1n) is 14.5. The van der Waals surface area contributed by atoms with Crippen molar-refractivity contribution in [2.45, 2.75) is 0 Å². The summed E-state index contributed by atoms with van der Waals surface area (Å²) >= 11 is 0. The predicted octanol–water partition coefficient (Wildman–Crippen LogP) is 10.3. The molecule has 0 aliphatic rings. The zero-order valence-electron chi connectivity index (χ0n) is 23.4. The van der Waals surface area contributed by atoms with Crippen LogP contribution < -0.4 is 0 Å². The van der Waals surface area contributed by atoms with E-state index in [0.29, 0.717) is 17.5 Å². The van der Waals surface area contributed by atoms with Crippen LogP contribution in [0.2, 0.25) is 0 Å². The fourth-order valence-corrected chi connectivity index (χ4v) is 6.10. The first-order chi connectivity index (χ1) is 21.8. The van der Waals surface area contributed by atoms with Crippen molar-refractivity contribution in [3.63, 3.8) is 0 Å². The van der Waals surface area contributed by atoms with Gasteiger partial charge in [-0.25, -0.2) is 15.0 Å². The quantitative estimate of drug-likeness (QED) is 0.212. The number of fused-ring (bicyclic) bond motifs is 6. The van der Waals surface area contributed by atoms with Gasteiger partial charge in [0.15, 0.2) is 17.5 Å². The molecule has 0 aliphatic heterocycles. The largest absolute Gasteiger partial charge is 0.456 e. The SMILES string of the molecule is c1ccc(-c2nc(-c3ccccc3)nc(-c3c(-c4ccc5c(c4)oc4ccccc45)ccc4oc5ccccc5c34)n2)cc1. The van der Waals surface area contributed by atoms with Gasteiger partial charge in [-0.05, 0) is 47.5 Å². The van der Waals surface area contributed by atoms with Gasteiger partial charge in [-0.1, -0.05) is 103 Å². The first kappa shape index (κ1) is 24.5. The van der Waals surface area contributed by atoms with E-state index in [9.17, 15) is 0 Å². The van der Waals surface area contributed by atoms with Crippen molar-refractivity contribution in [2.75, 3.05) is 0 Å². The highest BCUT2D eigenvalue weighted by Gasteiger charge is 2.22. The highest BCUT2D eigenvalue weighted by Crippen LogP contribution is 2.43. The summed E-state index contributed by atoms with van der Waals surface area (Å²) < 4.78 is 12.7. The summed E-state index contributed by atoms with van der Waals surface area (Å²) in [6.45, 7) is 0. The van der Waals surface area contributed by atoms with E-state index in [1.807, 2.05) is 103 Å². The van der Waals surface area contributed by atoms with Crippen molar-refractivity contribution in [2.24, 2.45) is 0 Å². The van der Waals surface area contributed by atoms with Gasteiger partial charge in [-0.2, -0.15) is 0 Å². The van der Waals surface area contributed by atoms with Crippen LogP contribution in [0.4, 0.5) is 0 Å². The monoisotopic (exact) mass is 565 g/mol. The number of rotatable bonds is 4. The van der Waals surface area contributed by atoms with E-state index in [0.717, 1.165) is 71.7 Å². The summed E-state index contributed by atoms with van der Waals surface area (Å²) in [6.07, 6.45) is 0. The number of benzene rings is 6. The maximum atomic E-state index is 6.36. The second-order valence-electron chi connectivity index (χ2n) is 10.8. The molecule has 206 valence electrons. The molecular formula is C39H23N3O2. The fourth-order valence-electron chi connectivity index (χ4n) is 6.10. The molecule has 0 atom stereocenters. The highest BCUT2D eigenvalue weighted by molar-refractivity contribution is 6.15. The van der Waals surface area contributed by atoms with E-state index < -0.39 is 0 Å². The Morgan fingerprint density at radius 2 is 0.909 bits per heavy atom. The van der Waals surface area contributed by atoms with Crippen molar-refractivity contribution in [3.05, 3.63) is 140 Å². The maximum absolute atomic E-state index is 6.36. The molecule has 0 spiro atoms. The molecule has 0 radical (unpaired) electrons. The van der Waals surface area contributed by atoms with Crippen molar-refractivity contribution >= 4 is 43.9 Å². The average Bonchev–Trinajstić information content (AvgIpc) is 3.66. The van der Waals surface area contributed by atoms with Crippen LogP contribution in [-0.4, -0.2) is 15.0 Å². The third-order valence-electron chi connectivity index (χ3n) is 8.16. The predicted molar refractivity (Wildman–Crippen MR) is 176 cm³/mol. The number of para-hydroxylation sites is 2. The van der Waals surface area contributed by atoms with Crippen LogP contribution in [0, 0.1) is 0 Å². The molecule has 0 N–H and O–H groups in total. The van der Waals surface area contributed by atoms with Gasteiger partial charge in [0.25, 0.3) is 0 Å². The Hall–Kier alpha value is -6.07. The van der Waals surface area contributed by atoms with Crippen molar-refractivity contribution in [1.82, 2.24) is 15.0 Å². The summed E-state index contributed by atoms with van der Waals surface area (Å²) in [5.74, 6) is 1.80. The molecular weight excluding hydrogens is 542 g/mol. The zero-order chi connectivity index (χ0) is 29.0. The highest BCUT2D eigenvalue weighted by atomic mass is 16.3.